The molecule has 39 heavy (non-hydrogen) atoms. The van der Waals surface area contributed by atoms with Gasteiger partial charge in [-0.05, 0) is 73.9 Å². The number of carbonyl (C=O) groups is 2. The van der Waals surface area contributed by atoms with Crippen LogP contribution in [0.3, 0.4) is 0 Å². The Labute approximate surface area is 244 Å². The van der Waals surface area contributed by atoms with Gasteiger partial charge in [0.1, 0.15) is 12.6 Å². The van der Waals surface area contributed by atoms with Crippen LogP contribution < -0.4 is 9.62 Å². The SMILES string of the molecule is Cc1ccc(N(CC(=O)N(Cc2cccc(Br)c2)C(C)C(=O)NCC(C)C)S(=O)(=O)c2ccc(Cl)cc2)cc1. The van der Waals surface area contributed by atoms with E-state index < -0.39 is 28.5 Å². The number of amides is 2. The van der Waals surface area contributed by atoms with Gasteiger partial charge in [-0.1, -0.05) is 71.2 Å². The maximum atomic E-state index is 13.9. The second-order valence-electron chi connectivity index (χ2n) is 9.77. The zero-order valence-electron chi connectivity index (χ0n) is 22.4. The molecule has 1 unspecified atom stereocenters. The Balaban J connectivity index is 2.01. The molecule has 0 bridgehead atoms. The molecule has 7 nitrogen and oxygen atoms in total. The number of hydrogen-bond acceptors (Lipinski definition) is 4. The largest absolute Gasteiger partial charge is 0.354 e. The molecular formula is C29H33BrClN3O4S. The lowest BCUT2D eigenvalue weighted by Gasteiger charge is -2.32. The van der Waals surface area contributed by atoms with Crippen LogP contribution in [0.2, 0.25) is 5.02 Å². The Bertz CT molecular complexity index is 1400. The Hall–Kier alpha value is -2.88. The Morgan fingerprint density at radius 2 is 1.62 bits per heavy atom. The van der Waals surface area contributed by atoms with Crippen molar-refractivity contribution in [2.45, 2.75) is 45.2 Å². The summed E-state index contributed by atoms with van der Waals surface area (Å²) in [5.41, 5.74) is 2.08. The zero-order valence-corrected chi connectivity index (χ0v) is 25.6. The minimum atomic E-state index is -4.14. The molecule has 0 heterocycles. The van der Waals surface area contributed by atoms with Gasteiger partial charge in [0, 0.05) is 22.6 Å². The molecule has 1 N–H and O–H groups in total. The quantitative estimate of drug-likeness (QED) is 0.289. The highest BCUT2D eigenvalue weighted by Gasteiger charge is 2.32. The minimum absolute atomic E-state index is 0.00143. The topological polar surface area (TPSA) is 86.8 Å². The van der Waals surface area contributed by atoms with Crippen molar-refractivity contribution in [2.75, 3.05) is 17.4 Å². The van der Waals surface area contributed by atoms with Crippen molar-refractivity contribution in [3.63, 3.8) is 0 Å². The molecule has 0 saturated carbocycles. The van der Waals surface area contributed by atoms with Crippen LogP contribution in [0.1, 0.15) is 31.9 Å². The predicted molar refractivity (Wildman–Crippen MR) is 159 cm³/mol. The highest BCUT2D eigenvalue weighted by Crippen LogP contribution is 2.26. The van der Waals surface area contributed by atoms with Gasteiger partial charge >= 0.3 is 0 Å². The molecule has 0 spiro atoms. The van der Waals surface area contributed by atoms with Crippen molar-refractivity contribution in [3.05, 3.63) is 93.4 Å². The number of anilines is 1. The summed E-state index contributed by atoms with van der Waals surface area (Å²) in [4.78, 5) is 28.4. The molecule has 3 aromatic carbocycles. The van der Waals surface area contributed by atoms with Crippen LogP contribution >= 0.6 is 27.5 Å². The van der Waals surface area contributed by atoms with E-state index in [2.05, 4.69) is 21.2 Å². The van der Waals surface area contributed by atoms with Crippen LogP contribution in [0.15, 0.2) is 82.2 Å². The van der Waals surface area contributed by atoms with Crippen molar-refractivity contribution in [3.8, 4) is 0 Å². The standard InChI is InChI=1S/C29H33BrClN3O4S/c1-20(2)17-32-29(36)22(4)33(18-23-6-5-7-24(30)16-23)28(35)19-34(26-12-8-21(3)9-13-26)39(37,38)27-14-10-25(31)11-15-27/h5-16,20,22H,17-19H2,1-4H3,(H,32,36). The molecule has 0 aliphatic heterocycles. The minimum Gasteiger partial charge on any atom is -0.354 e. The van der Waals surface area contributed by atoms with Gasteiger partial charge in [-0.2, -0.15) is 0 Å². The van der Waals surface area contributed by atoms with Gasteiger partial charge < -0.3 is 10.2 Å². The van der Waals surface area contributed by atoms with Crippen LogP contribution in [0.5, 0.6) is 0 Å². The van der Waals surface area contributed by atoms with Crippen LogP contribution in [-0.4, -0.2) is 44.3 Å². The fraction of sp³-hybridized carbons (Fsp3) is 0.310. The molecule has 2 amide bonds. The number of nitrogens with one attached hydrogen (secondary N) is 1. The second-order valence-corrected chi connectivity index (χ2v) is 13.0. The summed E-state index contributed by atoms with van der Waals surface area (Å²) >= 11 is 9.44. The smallest absolute Gasteiger partial charge is 0.264 e. The average Bonchev–Trinajstić information content (AvgIpc) is 2.89. The molecule has 3 rings (SSSR count). The van der Waals surface area contributed by atoms with E-state index in [0.29, 0.717) is 17.3 Å². The molecule has 0 saturated heterocycles. The fourth-order valence-corrected chi connectivity index (χ4v) is 5.83. The number of hydrogen-bond donors (Lipinski definition) is 1. The third-order valence-corrected chi connectivity index (χ3v) is 8.63. The van der Waals surface area contributed by atoms with Crippen molar-refractivity contribution >= 4 is 55.1 Å². The zero-order chi connectivity index (χ0) is 28.7. The van der Waals surface area contributed by atoms with Gasteiger partial charge in [0.25, 0.3) is 10.0 Å². The van der Waals surface area contributed by atoms with Crippen LogP contribution in [0.4, 0.5) is 5.69 Å². The molecule has 0 radical (unpaired) electrons. The van der Waals surface area contributed by atoms with Gasteiger partial charge in [0.05, 0.1) is 10.6 Å². The van der Waals surface area contributed by atoms with E-state index in [1.165, 1.54) is 29.2 Å². The van der Waals surface area contributed by atoms with Gasteiger partial charge in [0.2, 0.25) is 11.8 Å². The van der Waals surface area contributed by atoms with E-state index in [-0.39, 0.29) is 23.3 Å². The number of benzene rings is 3. The van der Waals surface area contributed by atoms with E-state index >= 15 is 0 Å². The summed E-state index contributed by atoms with van der Waals surface area (Å²) in [6.07, 6.45) is 0. The van der Waals surface area contributed by atoms with E-state index in [9.17, 15) is 18.0 Å². The summed E-state index contributed by atoms with van der Waals surface area (Å²) in [7, 11) is -4.14. The van der Waals surface area contributed by atoms with Gasteiger partial charge in [-0.15, -0.1) is 0 Å². The first-order valence-electron chi connectivity index (χ1n) is 12.5. The summed E-state index contributed by atoms with van der Waals surface area (Å²) in [5, 5.41) is 3.28. The Morgan fingerprint density at radius 3 is 2.21 bits per heavy atom. The highest BCUT2D eigenvalue weighted by atomic mass is 79.9. The molecule has 1 atom stereocenters. The first-order valence-corrected chi connectivity index (χ1v) is 15.2. The highest BCUT2D eigenvalue weighted by molar-refractivity contribution is 9.10. The number of rotatable bonds is 11. The number of sulfonamides is 1. The Kier molecular flexibility index (Phi) is 10.6. The molecular weight excluding hydrogens is 602 g/mol. The van der Waals surface area contributed by atoms with Crippen molar-refractivity contribution in [2.24, 2.45) is 5.92 Å². The van der Waals surface area contributed by atoms with E-state index in [4.69, 9.17) is 11.6 Å². The molecule has 0 fully saturated rings. The maximum absolute atomic E-state index is 13.9. The monoisotopic (exact) mass is 633 g/mol. The lowest BCUT2D eigenvalue weighted by molar-refractivity contribution is -0.139. The summed E-state index contributed by atoms with van der Waals surface area (Å²) in [6, 6.07) is 19.3. The molecule has 3 aromatic rings. The lowest BCUT2D eigenvalue weighted by Crippen LogP contribution is -2.51. The predicted octanol–water partition coefficient (Wildman–Crippen LogP) is 5.80. The van der Waals surface area contributed by atoms with E-state index in [1.54, 1.807) is 31.2 Å². The third kappa shape index (κ3) is 8.30. The Morgan fingerprint density at radius 1 is 0.974 bits per heavy atom. The first kappa shape index (κ1) is 30.7. The number of aryl methyl sites for hydroxylation is 1. The second kappa shape index (κ2) is 13.5. The molecule has 0 aliphatic carbocycles. The van der Waals surface area contributed by atoms with Crippen LogP contribution in [-0.2, 0) is 26.2 Å². The number of nitrogens with zero attached hydrogens (tertiary/aromatic N) is 2. The van der Waals surface area contributed by atoms with E-state index in [0.717, 1.165) is 19.9 Å². The summed E-state index contributed by atoms with van der Waals surface area (Å²) in [5.74, 6) is -0.591. The van der Waals surface area contributed by atoms with E-state index in [1.807, 2.05) is 45.0 Å². The first-order chi connectivity index (χ1) is 18.4. The van der Waals surface area contributed by atoms with Crippen molar-refractivity contribution < 1.29 is 18.0 Å². The maximum Gasteiger partial charge on any atom is 0.264 e. The molecule has 0 aliphatic rings. The fourth-order valence-electron chi connectivity index (χ4n) is 3.84. The molecule has 10 heteroatoms. The normalized spacial score (nSPS) is 12.2. The van der Waals surface area contributed by atoms with Crippen LogP contribution in [0.25, 0.3) is 0 Å². The van der Waals surface area contributed by atoms with Gasteiger partial charge in [-0.25, -0.2) is 8.42 Å². The molecule has 0 aromatic heterocycles. The molecule has 208 valence electrons. The average molecular weight is 635 g/mol. The summed E-state index contributed by atoms with van der Waals surface area (Å²) in [6.45, 7) is 7.59. The third-order valence-electron chi connectivity index (χ3n) is 6.10. The van der Waals surface area contributed by atoms with Crippen molar-refractivity contribution in [1.29, 1.82) is 0 Å². The van der Waals surface area contributed by atoms with Gasteiger partial charge in [-0.3, -0.25) is 13.9 Å². The van der Waals surface area contributed by atoms with Crippen molar-refractivity contribution in [1.82, 2.24) is 10.2 Å². The lowest BCUT2D eigenvalue weighted by atomic mass is 10.1. The number of carbonyl (C=O) groups excluding carboxylic acids is 2. The number of halogens is 2. The summed E-state index contributed by atoms with van der Waals surface area (Å²) < 4.78 is 29.5. The van der Waals surface area contributed by atoms with Crippen LogP contribution in [0, 0.1) is 12.8 Å². The van der Waals surface area contributed by atoms with Gasteiger partial charge in [0.15, 0.2) is 0 Å².